The van der Waals surface area contributed by atoms with E-state index in [9.17, 15) is 14.0 Å². The summed E-state index contributed by atoms with van der Waals surface area (Å²) in [7, 11) is 0. The SMILES string of the molecule is CC(C)(C)CC(=O)N1CCC(NC(=O)CCc2ccc(F)cc2)CC1. The second kappa shape index (κ2) is 8.45. The van der Waals surface area contributed by atoms with Gasteiger partial charge >= 0.3 is 0 Å². The third-order valence-corrected chi connectivity index (χ3v) is 4.45. The number of rotatable bonds is 5. The van der Waals surface area contributed by atoms with Crippen LogP contribution in [0.15, 0.2) is 24.3 Å². The molecule has 2 amide bonds. The number of nitrogens with zero attached hydrogens (tertiary/aromatic N) is 1. The van der Waals surface area contributed by atoms with Crippen molar-refractivity contribution in [2.75, 3.05) is 13.1 Å². The average Bonchev–Trinajstić information content (AvgIpc) is 2.53. The molecular formula is C20H29FN2O2. The Morgan fingerprint density at radius 3 is 2.32 bits per heavy atom. The number of carbonyl (C=O) groups excluding carboxylic acids is 2. The van der Waals surface area contributed by atoms with Crippen LogP contribution in [0.3, 0.4) is 0 Å². The summed E-state index contributed by atoms with van der Waals surface area (Å²) in [5.41, 5.74) is 0.960. The van der Waals surface area contributed by atoms with E-state index in [-0.39, 0.29) is 29.1 Å². The fourth-order valence-electron chi connectivity index (χ4n) is 3.05. The van der Waals surface area contributed by atoms with Crippen LogP contribution in [0.5, 0.6) is 0 Å². The summed E-state index contributed by atoms with van der Waals surface area (Å²) in [6, 6.07) is 6.39. The molecule has 138 valence electrons. The number of hydrogen-bond donors (Lipinski definition) is 1. The van der Waals surface area contributed by atoms with E-state index in [1.807, 2.05) is 4.90 Å². The van der Waals surface area contributed by atoms with E-state index in [2.05, 4.69) is 26.1 Å². The second-order valence-corrected chi connectivity index (χ2v) is 8.09. The Labute approximate surface area is 149 Å². The molecule has 1 N–H and O–H groups in total. The molecule has 0 radical (unpaired) electrons. The molecule has 1 aromatic carbocycles. The highest BCUT2D eigenvalue weighted by atomic mass is 19.1. The van der Waals surface area contributed by atoms with Crippen LogP contribution in [0.4, 0.5) is 4.39 Å². The highest BCUT2D eigenvalue weighted by Gasteiger charge is 2.26. The van der Waals surface area contributed by atoms with Gasteiger partial charge in [-0.25, -0.2) is 4.39 Å². The molecule has 2 rings (SSSR count). The molecule has 1 fully saturated rings. The first-order valence-corrected chi connectivity index (χ1v) is 9.04. The monoisotopic (exact) mass is 348 g/mol. The maximum Gasteiger partial charge on any atom is 0.223 e. The largest absolute Gasteiger partial charge is 0.353 e. The number of amides is 2. The summed E-state index contributed by atoms with van der Waals surface area (Å²) in [6.07, 6.45) is 3.17. The van der Waals surface area contributed by atoms with Gasteiger partial charge in [-0.15, -0.1) is 0 Å². The molecule has 4 nitrogen and oxygen atoms in total. The summed E-state index contributed by atoms with van der Waals surface area (Å²) in [4.78, 5) is 26.2. The van der Waals surface area contributed by atoms with Crippen molar-refractivity contribution >= 4 is 11.8 Å². The van der Waals surface area contributed by atoms with Crippen LogP contribution < -0.4 is 5.32 Å². The number of nitrogens with one attached hydrogen (secondary N) is 1. The number of halogens is 1. The number of hydrogen-bond acceptors (Lipinski definition) is 2. The van der Waals surface area contributed by atoms with Gasteiger partial charge in [0.1, 0.15) is 5.82 Å². The Balaban J connectivity index is 1.69. The molecule has 0 atom stereocenters. The zero-order valence-corrected chi connectivity index (χ0v) is 15.5. The van der Waals surface area contributed by atoms with E-state index in [1.165, 1.54) is 12.1 Å². The quantitative estimate of drug-likeness (QED) is 0.887. The maximum atomic E-state index is 12.9. The minimum Gasteiger partial charge on any atom is -0.353 e. The number of piperidine rings is 1. The molecule has 0 spiro atoms. The number of benzene rings is 1. The van der Waals surface area contributed by atoms with Crippen LogP contribution in [-0.4, -0.2) is 35.8 Å². The van der Waals surface area contributed by atoms with Gasteiger partial charge in [-0.1, -0.05) is 32.9 Å². The lowest BCUT2D eigenvalue weighted by Crippen LogP contribution is -2.47. The molecule has 1 aromatic rings. The molecule has 0 saturated carbocycles. The molecule has 0 aromatic heterocycles. The van der Waals surface area contributed by atoms with Crippen molar-refractivity contribution in [3.05, 3.63) is 35.6 Å². The molecular weight excluding hydrogens is 319 g/mol. The van der Waals surface area contributed by atoms with Crippen molar-refractivity contribution in [1.82, 2.24) is 10.2 Å². The fraction of sp³-hybridized carbons (Fsp3) is 0.600. The predicted octanol–water partition coefficient (Wildman–Crippen LogP) is 3.30. The van der Waals surface area contributed by atoms with Crippen LogP contribution >= 0.6 is 0 Å². The first kappa shape index (κ1) is 19.4. The van der Waals surface area contributed by atoms with E-state index in [0.29, 0.717) is 32.4 Å². The average molecular weight is 348 g/mol. The van der Waals surface area contributed by atoms with Gasteiger partial charge in [-0.2, -0.15) is 0 Å². The Kier molecular flexibility index (Phi) is 6.57. The van der Waals surface area contributed by atoms with Crippen LogP contribution in [0.1, 0.15) is 52.0 Å². The lowest BCUT2D eigenvalue weighted by molar-refractivity contribution is -0.134. The Bertz CT molecular complexity index is 585. The van der Waals surface area contributed by atoms with Gasteiger partial charge in [0.05, 0.1) is 0 Å². The lowest BCUT2D eigenvalue weighted by atomic mass is 9.91. The van der Waals surface area contributed by atoms with Gasteiger partial charge in [0.15, 0.2) is 0 Å². The zero-order chi connectivity index (χ0) is 18.4. The third-order valence-electron chi connectivity index (χ3n) is 4.45. The van der Waals surface area contributed by atoms with Crippen molar-refractivity contribution in [2.45, 2.75) is 58.9 Å². The summed E-state index contributed by atoms with van der Waals surface area (Å²) in [6.45, 7) is 7.62. The van der Waals surface area contributed by atoms with Crippen molar-refractivity contribution in [3.8, 4) is 0 Å². The van der Waals surface area contributed by atoms with Gasteiger partial charge in [0.25, 0.3) is 0 Å². The van der Waals surface area contributed by atoms with Crippen LogP contribution in [0.2, 0.25) is 0 Å². The highest BCUT2D eigenvalue weighted by Crippen LogP contribution is 2.21. The Hall–Kier alpha value is -1.91. The molecule has 1 heterocycles. The number of likely N-dealkylation sites (tertiary alicyclic amines) is 1. The van der Waals surface area contributed by atoms with Gasteiger partial charge < -0.3 is 10.2 Å². The van der Waals surface area contributed by atoms with Gasteiger partial charge in [0.2, 0.25) is 11.8 Å². The van der Waals surface area contributed by atoms with Crippen molar-refractivity contribution in [1.29, 1.82) is 0 Å². The van der Waals surface area contributed by atoms with Crippen LogP contribution in [0, 0.1) is 11.2 Å². The van der Waals surface area contributed by atoms with E-state index < -0.39 is 0 Å². The second-order valence-electron chi connectivity index (χ2n) is 8.09. The normalized spacial score (nSPS) is 15.9. The van der Waals surface area contributed by atoms with E-state index in [4.69, 9.17) is 0 Å². The smallest absolute Gasteiger partial charge is 0.223 e. The van der Waals surface area contributed by atoms with Gasteiger partial charge in [-0.3, -0.25) is 9.59 Å². The first-order valence-electron chi connectivity index (χ1n) is 9.04. The molecule has 0 unspecified atom stereocenters. The van der Waals surface area contributed by atoms with Gasteiger partial charge in [-0.05, 0) is 42.4 Å². The minimum atomic E-state index is -0.263. The maximum absolute atomic E-state index is 12.9. The summed E-state index contributed by atoms with van der Waals surface area (Å²) in [5.74, 6) is -0.0432. The molecule has 0 aliphatic carbocycles. The molecule has 1 aliphatic rings. The van der Waals surface area contributed by atoms with E-state index >= 15 is 0 Å². The number of carbonyl (C=O) groups is 2. The summed E-state index contributed by atoms with van der Waals surface area (Å²) >= 11 is 0. The lowest BCUT2D eigenvalue weighted by Gasteiger charge is -2.34. The Morgan fingerprint density at radius 1 is 1.16 bits per heavy atom. The Morgan fingerprint density at radius 2 is 1.76 bits per heavy atom. The zero-order valence-electron chi connectivity index (χ0n) is 15.5. The third kappa shape index (κ3) is 6.85. The molecule has 0 bridgehead atoms. The topological polar surface area (TPSA) is 49.4 Å². The van der Waals surface area contributed by atoms with E-state index in [1.54, 1.807) is 12.1 Å². The molecule has 1 aliphatic heterocycles. The van der Waals surface area contributed by atoms with Crippen molar-refractivity contribution in [3.63, 3.8) is 0 Å². The summed E-state index contributed by atoms with van der Waals surface area (Å²) in [5, 5.41) is 3.06. The molecule has 1 saturated heterocycles. The molecule has 25 heavy (non-hydrogen) atoms. The predicted molar refractivity (Wildman–Crippen MR) is 96.5 cm³/mol. The standard InChI is InChI=1S/C20H29FN2O2/c1-20(2,3)14-19(25)23-12-10-17(11-13-23)22-18(24)9-6-15-4-7-16(21)8-5-15/h4-5,7-8,17H,6,9-14H2,1-3H3,(H,22,24). The number of aryl methyl sites for hydroxylation is 1. The summed E-state index contributed by atoms with van der Waals surface area (Å²) < 4.78 is 12.9. The fourth-order valence-corrected chi connectivity index (χ4v) is 3.05. The van der Waals surface area contributed by atoms with Crippen LogP contribution in [0.25, 0.3) is 0 Å². The van der Waals surface area contributed by atoms with Gasteiger partial charge in [0, 0.05) is 32.0 Å². The van der Waals surface area contributed by atoms with Crippen molar-refractivity contribution < 1.29 is 14.0 Å². The van der Waals surface area contributed by atoms with E-state index in [0.717, 1.165) is 18.4 Å². The minimum absolute atomic E-state index is 0.00248. The van der Waals surface area contributed by atoms with Crippen LogP contribution in [-0.2, 0) is 16.0 Å². The van der Waals surface area contributed by atoms with Crippen molar-refractivity contribution in [2.24, 2.45) is 5.41 Å². The molecule has 5 heteroatoms. The highest BCUT2D eigenvalue weighted by molar-refractivity contribution is 5.77. The first-order chi connectivity index (χ1) is 11.7.